The Morgan fingerprint density at radius 3 is 1.96 bits per heavy atom. The molecule has 0 fully saturated rings. The molecule has 0 radical (unpaired) electrons. The third kappa shape index (κ3) is 8.08. The zero-order valence-electron chi connectivity index (χ0n) is 43.1. The number of pyridine rings is 1. The number of anilines is 4. The number of rotatable bonds is 8. The molecule has 11 aromatic rings. The van der Waals surface area contributed by atoms with Gasteiger partial charge in [-0.2, -0.15) is 0 Å². The number of hydrogen-bond acceptors (Lipinski definition) is 5. The standard InChI is InChI=1S/C67H60N6O/c1-66(2,3)49-31-32-68-65(38-49)73-59-25-14-13-24-54(59)55-29-28-52(40-60(55)73)74-53-37-50(67(4,5)6)36-51(39-53)71-43-72(63-42-61-57(41-62(63)71)69-64-26-15-16-33-70(61)64)58-30-27-47(45-20-11-8-12-21-45)35-56(58)48-23-17-22-46(34-48)44-18-9-7-10-19-44/h7-14,17-25,27-32,34-42H,15-16,26,33,43H2,1-6H3. The van der Waals surface area contributed by atoms with E-state index in [2.05, 4.69) is 249 Å². The van der Waals surface area contributed by atoms with Crippen LogP contribution in [-0.2, 0) is 23.8 Å². The molecule has 8 aromatic carbocycles. The normalized spacial score (nSPS) is 13.8. The van der Waals surface area contributed by atoms with Crippen LogP contribution in [0.15, 0.2) is 194 Å². The summed E-state index contributed by atoms with van der Waals surface area (Å²) >= 11 is 0. The summed E-state index contributed by atoms with van der Waals surface area (Å²) in [5.41, 5.74) is 18.2. The quantitative estimate of drug-likeness (QED) is 0.152. The van der Waals surface area contributed by atoms with Crippen molar-refractivity contribution in [2.45, 2.75) is 78.2 Å². The van der Waals surface area contributed by atoms with Gasteiger partial charge in [0.05, 0.1) is 39.1 Å². The number of hydrogen-bond donors (Lipinski definition) is 0. The second-order valence-electron chi connectivity index (χ2n) is 22.3. The average molecular weight is 965 g/mol. The van der Waals surface area contributed by atoms with E-state index in [0.717, 1.165) is 81.4 Å². The second-order valence-corrected chi connectivity index (χ2v) is 22.3. The van der Waals surface area contributed by atoms with E-state index >= 15 is 0 Å². The topological polar surface area (TPSA) is 51.4 Å². The van der Waals surface area contributed by atoms with Crippen LogP contribution in [0, 0.1) is 0 Å². The minimum absolute atomic E-state index is 0.0265. The summed E-state index contributed by atoms with van der Waals surface area (Å²) in [7, 11) is 0. The highest BCUT2D eigenvalue weighted by Gasteiger charge is 2.33. The van der Waals surface area contributed by atoms with Gasteiger partial charge in [-0.05, 0) is 135 Å². The molecule has 364 valence electrons. The first-order valence-electron chi connectivity index (χ1n) is 26.2. The van der Waals surface area contributed by atoms with E-state index in [1.807, 2.05) is 6.20 Å². The fourth-order valence-electron chi connectivity index (χ4n) is 11.3. The molecule has 7 nitrogen and oxygen atoms in total. The summed E-state index contributed by atoms with van der Waals surface area (Å²) in [6.45, 7) is 15.2. The molecule has 7 heteroatoms. The molecule has 0 spiro atoms. The monoisotopic (exact) mass is 964 g/mol. The van der Waals surface area contributed by atoms with E-state index in [-0.39, 0.29) is 10.8 Å². The number of nitrogens with zero attached hydrogens (tertiary/aromatic N) is 6. The molecule has 0 atom stereocenters. The predicted molar refractivity (Wildman–Crippen MR) is 307 cm³/mol. The van der Waals surface area contributed by atoms with Gasteiger partial charge >= 0.3 is 0 Å². The van der Waals surface area contributed by atoms with Crippen molar-refractivity contribution >= 4 is 55.6 Å². The van der Waals surface area contributed by atoms with Crippen LogP contribution in [-0.4, -0.2) is 25.8 Å². The Morgan fingerprint density at radius 2 is 1.18 bits per heavy atom. The fraction of sp³-hybridized carbons (Fsp3) is 0.194. The highest BCUT2D eigenvalue weighted by atomic mass is 16.5. The molecule has 5 heterocycles. The summed E-state index contributed by atoms with van der Waals surface area (Å²) in [6, 6.07) is 68.5. The number of aryl methyl sites for hydroxylation is 2. The van der Waals surface area contributed by atoms with Crippen LogP contribution in [0.3, 0.4) is 0 Å². The Bertz CT molecular complexity index is 3950. The highest BCUT2D eigenvalue weighted by molar-refractivity contribution is 6.09. The van der Waals surface area contributed by atoms with Gasteiger partial charge in [0.25, 0.3) is 0 Å². The van der Waals surface area contributed by atoms with Gasteiger partial charge in [-0.1, -0.05) is 145 Å². The molecule has 0 unspecified atom stereocenters. The van der Waals surface area contributed by atoms with Crippen molar-refractivity contribution in [1.82, 2.24) is 19.1 Å². The SMILES string of the molecule is CC(C)(C)c1cc(Oc2ccc3c4ccccc4n(-c4cc(C(C)(C)C)ccn4)c3c2)cc(N2CN(c3ccc(-c4ccccc4)cc3-c3cccc(-c4ccccc4)c3)c3cc4c(cc32)nc2n4CCCC2)c1. The van der Waals surface area contributed by atoms with Crippen LogP contribution >= 0.6 is 0 Å². The molecule has 0 saturated heterocycles. The summed E-state index contributed by atoms with van der Waals surface area (Å²) in [6.07, 6.45) is 5.26. The second kappa shape index (κ2) is 17.7. The van der Waals surface area contributed by atoms with Gasteiger partial charge in [-0.3, -0.25) is 4.57 Å². The minimum atomic E-state index is -0.173. The molecule has 0 bridgehead atoms. The molecular formula is C67H60N6O. The average Bonchev–Trinajstić information content (AvgIpc) is 4.10. The van der Waals surface area contributed by atoms with Crippen LogP contribution in [0.5, 0.6) is 11.5 Å². The molecule has 13 rings (SSSR count). The molecule has 2 aliphatic rings. The Labute approximate surface area is 434 Å². The smallest absolute Gasteiger partial charge is 0.137 e. The first kappa shape index (κ1) is 45.4. The number of ether oxygens (including phenoxy) is 1. The lowest BCUT2D eigenvalue weighted by Crippen LogP contribution is -2.25. The third-order valence-electron chi connectivity index (χ3n) is 15.3. The molecule has 2 aliphatic heterocycles. The maximum atomic E-state index is 7.10. The fourth-order valence-corrected chi connectivity index (χ4v) is 11.3. The van der Waals surface area contributed by atoms with Gasteiger partial charge in [0, 0.05) is 53.3 Å². The van der Waals surface area contributed by atoms with Crippen LogP contribution in [0.1, 0.15) is 71.3 Å². The number of benzene rings is 8. The zero-order chi connectivity index (χ0) is 50.3. The van der Waals surface area contributed by atoms with Crippen molar-refractivity contribution in [2.24, 2.45) is 0 Å². The summed E-state index contributed by atoms with van der Waals surface area (Å²) in [5.74, 6) is 3.62. The largest absolute Gasteiger partial charge is 0.457 e. The van der Waals surface area contributed by atoms with Crippen molar-refractivity contribution in [3.05, 3.63) is 211 Å². The van der Waals surface area contributed by atoms with Crippen LogP contribution in [0.25, 0.3) is 72.0 Å². The minimum Gasteiger partial charge on any atom is -0.457 e. The Morgan fingerprint density at radius 1 is 0.473 bits per heavy atom. The van der Waals surface area contributed by atoms with Gasteiger partial charge in [0.15, 0.2) is 0 Å². The van der Waals surface area contributed by atoms with Crippen molar-refractivity contribution in [2.75, 3.05) is 16.5 Å². The molecule has 74 heavy (non-hydrogen) atoms. The van der Waals surface area contributed by atoms with Crippen molar-refractivity contribution in [3.63, 3.8) is 0 Å². The molecule has 0 aliphatic carbocycles. The van der Waals surface area contributed by atoms with E-state index in [0.29, 0.717) is 6.67 Å². The third-order valence-corrected chi connectivity index (χ3v) is 15.3. The van der Waals surface area contributed by atoms with Crippen LogP contribution < -0.4 is 14.5 Å². The van der Waals surface area contributed by atoms with Crippen LogP contribution in [0.2, 0.25) is 0 Å². The van der Waals surface area contributed by atoms with Gasteiger partial charge in [-0.15, -0.1) is 0 Å². The number of imidazole rings is 1. The molecule has 0 amide bonds. The Kier molecular flexibility index (Phi) is 10.8. The lowest BCUT2D eigenvalue weighted by Gasteiger charge is -2.27. The highest BCUT2D eigenvalue weighted by Crippen LogP contribution is 2.51. The van der Waals surface area contributed by atoms with E-state index < -0.39 is 0 Å². The van der Waals surface area contributed by atoms with Crippen molar-refractivity contribution in [3.8, 4) is 50.7 Å². The Balaban J connectivity index is 0.958. The lowest BCUT2D eigenvalue weighted by atomic mass is 9.86. The maximum Gasteiger partial charge on any atom is 0.137 e. The lowest BCUT2D eigenvalue weighted by molar-refractivity contribution is 0.479. The molecule has 0 N–H and O–H groups in total. The number of fused-ring (bicyclic) bond motifs is 7. The van der Waals surface area contributed by atoms with Gasteiger partial charge in [0.2, 0.25) is 0 Å². The van der Waals surface area contributed by atoms with Gasteiger partial charge < -0.3 is 19.1 Å². The van der Waals surface area contributed by atoms with E-state index in [4.69, 9.17) is 14.7 Å². The first-order chi connectivity index (χ1) is 35.9. The van der Waals surface area contributed by atoms with E-state index in [1.54, 1.807) is 0 Å². The molecule has 0 saturated carbocycles. The van der Waals surface area contributed by atoms with Gasteiger partial charge in [-0.25, -0.2) is 9.97 Å². The Hall–Kier alpha value is -8.42. The van der Waals surface area contributed by atoms with Crippen LogP contribution in [0.4, 0.5) is 22.7 Å². The zero-order valence-corrected chi connectivity index (χ0v) is 43.1. The van der Waals surface area contributed by atoms with E-state index in [9.17, 15) is 0 Å². The maximum absolute atomic E-state index is 7.10. The summed E-state index contributed by atoms with van der Waals surface area (Å²) < 4.78 is 11.8. The van der Waals surface area contributed by atoms with Crippen molar-refractivity contribution in [1.29, 1.82) is 0 Å². The molecule has 3 aromatic heterocycles. The number of para-hydroxylation sites is 1. The van der Waals surface area contributed by atoms with Gasteiger partial charge in [0.1, 0.15) is 29.8 Å². The first-order valence-corrected chi connectivity index (χ1v) is 26.2. The molecular weight excluding hydrogens is 905 g/mol. The predicted octanol–water partition coefficient (Wildman–Crippen LogP) is 17.5. The van der Waals surface area contributed by atoms with Crippen molar-refractivity contribution < 1.29 is 4.74 Å². The number of aromatic nitrogens is 4. The summed E-state index contributed by atoms with van der Waals surface area (Å²) in [5, 5.41) is 2.34. The summed E-state index contributed by atoms with van der Waals surface area (Å²) in [4.78, 5) is 15.3. The van der Waals surface area contributed by atoms with E-state index in [1.165, 1.54) is 67.7 Å².